The highest BCUT2D eigenvalue weighted by molar-refractivity contribution is 7.15. The molecule has 2 amide bonds. The van der Waals surface area contributed by atoms with Crippen molar-refractivity contribution in [3.63, 3.8) is 0 Å². The summed E-state index contributed by atoms with van der Waals surface area (Å²) in [5.74, 6) is -1.02. The minimum absolute atomic E-state index is 0.122. The molecule has 1 aromatic heterocycles. The number of hydrogen-bond donors (Lipinski definition) is 2. The monoisotopic (exact) mass is 289 g/mol. The smallest absolute Gasteiger partial charge is 0.250 e. The SMILES string of the molecule is CC(C)c1cnc(-c2cccc(C(N)=O)c2C(N)=O)s1. The second-order valence-electron chi connectivity index (χ2n) is 4.68. The molecule has 20 heavy (non-hydrogen) atoms. The van der Waals surface area contributed by atoms with Crippen molar-refractivity contribution in [2.45, 2.75) is 19.8 Å². The van der Waals surface area contributed by atoms with E-state index in [0.717, 1.165) is 4.88 Å². The third-order valence-electron chi connectivity index (χ3n) is 2.90. The van der Waals surface area contributed by atoms with Gasteiger partial charge in [-0.05, 0) is 12.0 Å². The number of hydrogen-bond acceptors (Lipinski definition) is 4. The van der Waals surface area contributed by atoms with Crippen LogP contribution < -0.4 is 11.5 Å². The first-order valence-corrected chi connectivity index (χ1v) is 6.92. The van der Waals surface area contributed by atoms with E-state index in [1.165, 1.54) is 17.4 Å². The Morgan fingerprint density at radius 2 is 1.90 bits per heavy atom. The maximum Gasteiger partial charge on any atom is 0.250 e. The molecule has 2 aromatic rings. The number of rotatable bonds is 4. The number of carbonyl (C=O) groups is 2. The first-order valence-electron chi connectivity index (χ1n) is 6.10. The summed E-state index contributed by atoms with van der Waals surface area (Å²) < 4.78 is 0. The highest BCUT2D eigenvalue weighted by Gasteiger charge is 2.20. The Morgan fingerprint density at radius 3 is 2.40 bits per heavy atom. The average molecular weight is 289 g/mol. The Bertz CT molecular complexity index is 677. The lowest BCUT2D eigenvalue weighted by Crippen LogP contribution is -2.21. The van der Waals surface area contributed by atoms with E-state index in [9.17, 15) is 9.59 Å². The van der Waals surface area contributed by atoms with Crippen molar-refractivity contribution >= 4 is 23.2 Å². The minimum Gasteiger partial charge on any atom is -0.366 e. The van der Waals surface area contributed by atoms with Crippen molar-refractivity contribution in [2.24, 2.45) is 11.5 Å². The zero-order valence-corrected chi connectivity index (χ0v) is 12.0. The van der Waals surface area contributed by atoms with Crippen molar-refractivity contribution < 1.29 is 9.59 Å². The molecule has 0 bridgehead atoms. The predicted octanol–water partition coefficient (Wildman–Crippen LogP) is 2.13. The highest BCUT2D eigenvalue weighted by Crippen LogP contribution is 2.32. The summed E-state index contributed by atoms with van der Waals surface area (Å²) in [6.07, 6.45) is 1.77. The van der Waals surface area contributed by atoms with Crippen LogP contribution in [0.4, 0.5) is 0 Å². The van der Waals surface area contributed by atoms with Gasteiger partial charge in [0.2, 0.25) is 11.8 Å². The number of amides is 2. The van der Waals surface area contributed by atoms with Gasteiger partial charge < -0.3 is 11.5 Å². The number of carbonyl (C=O) groups excluding carboxylic acids is 2. The third kappa shape index (κ3) is 2.55. The molecule has 6 heteroatoms. The number of aromatic nitrogens is 1. The third-order valence-corrected chi connectivity index (χ3v) is 4.23. The van der Waals surface area contributed by atoms with Crippen LogP contribution in [0.3, 0.4) is 0 Å². The van der Waals surface area contributed by atoms with Gasteiger partial charge in [-0.25, -0.2) is 4.98 Å². The molecule has 1 heterocycles. The Labute approximate surface area is 120 Å². The molecule has 0 saturated carbocycles. The van der Waals surface area contributed by atoms with Crippen LogP contribution in [0, 0.1) is 0 Å². The molecule has 1 aromatic carbocycles. The molecule has 0 saturated heterocycles. The van der Waals surface area contributed by atoms with E-state index in [1.807, 2.05) is 0 Å². The maximum atomic E-state index is 11.7. The average Bonchev–Trinajstić information content (AvgIpc) is 2.87. The maximum absolute atomic E-state index is 11.7. The van der Waals surface area contributed by atoms with Gasteiger partial charge in [-0.1, -0.05) is 26.0 Å². The zero-order valence-electron chi connectivity index (χ0n) is 11.2. The second-order valence-corrected chi connectivity index (χ2v) is 5.74. The molecule has 0 aliphatic heterocycles. The van der Waals surface area contributed by atoms with Crippen LogP contribution in [0.1, 0.15) is 45.4 Å². The fraction of sp³-hybridized carbons (Fsp3) is 0.214. The molecular weight excluding hydrogens is 274 g/mol. The summed E-state index contributed by atoms with van der Waals surface area (Å²) in [6, 6.07) is 4.87. The Balaban J connectivity index is 2.64. The number of primary amides is 2. The molecule has 4 N–H and O–H groups in total. The van der Waals surface area contributed by atoms with Crippen LogP contribution >= 0.6 is 11.3 Å². The van der Waals surface area contributed by atoms with Crippen LogP contribution in [0.25, 0.3) is 10.6 Å². The van der Waals surface area contributed by atoms with Crippen LogP contribution in [0.15, 0.2) is 24.4 Å². The van der Waals surface area contributed by atoms with Crippen molar-refractivity contribution in [3.05, 3.63) is 40.4 Å². The van der Waals surface area contributed by atoms with Crippen molar-refractivity contribution in [1.82, 2.24) is 4.98 Å². The first-order chi connectivity index (χ1) is 9.41. The van der Waals surface area contributed by atoms with Gasteiger partial charge in [-0.2, -0.15) is 0 Å². The van der Waals surface area contributed by atoms with Gasteiger partial charge in [0.15, 0.2) is 0 Å². The van der Waals surface area contributed by atoms with E-state index in [4.69, 9.17) is 11.5 Å². The molecule has 2 rings (SSSR count). The molecule has 0 unspecified atom stereocenters. The molecule has 5 nitrogen and oxygen atoms in total. The summed E-state index contributed by atoms with van der Waals surface area (Å²) in [5, 5.41) is 0.658. The van der Waals surface area contributed by atoms with Gasteiger partial charge in [-0.15, -0.1) is 11.3 Å². The highest BCUT2D eigenvalue weighted by atomic mass is 32.1. The normalized spacial score (nSPS) is 10.8. The summed E-state index contributed by atoms with van der Waals surface area (Å²) in [4.78, 5) is 28.5. The fourth-order valence-corrected chi connectivity index (χ4v) is 2.83. The summed E-state index contributed by atoms with van der Waals surface area (Å²) >= 11 is 1.48. The lowest BCUT2D eigenvalue weighted by molar-refractivity contribution is 0.0968. The molecule has 0 atom stereocenters. The van der Waals surface area contributed by atoms with Gasteiger partial charge in [-0.3, -0.25) is 9.59 Å². The summed E-state index contributed by atoms with van der Waals surface area (Å²) in [5.41, 5.74) is 11.5. The van der Waals surface area contributed by atoms with Crippen LogP contribution in [0.5, 0.6) is 0 Å². The topological polar surface area (TPSA) is 99.1 Å². The molecular formula is C14H15N3O2S. The van der Waals surface area contributed by atoms with Crippen LogP contribution in [-0.4, -0.2) is 16.8 Å². The second kappa shape index (κ2) is 5.42. The number of nitrogens with zero attached hydrogens (tertiary/aromatic N) is 1. The molecule has 104 valence electrons. The standard InChI is InChI=1S/C14H15N3O2S/c1-7(2)10-6-17-14(20-10)9-5-3-4-8(12(15)18)11(9)13(16)19/h3-7H,1-2H3,(H2,15,18)(H2,16,19). The molecule has 0 aliphatic rings. The number of benzene rings is 1. The van der Waals surface area contributed by atoms with Gasteiger partial charge >= 0.3 is 0 Å². The summed E-state index contributed by atoms with van der Waals surface area (Å²) in [6.45, 7) is 4.12. The van der Waals surface area contributed by atoms with E-state index in [-0.39, 0.29) is 11.1 Å². The Kier molecular flexibility index (Phi) is 3.85. The fourth-order valence-electron chi connectivity index (χ4n) is 1.88. The van der Waals surface area contributed by atoms with Gasteiger partial charge in [0.1, 0.15) is 5.01 Å². The van der Waals surface area contributed by atoms with Crippen molar-refractivity contribution in [3.8, 4) is 10.6 Å². The van der Waals surface area contributed by atoms with Gasteiger partial charge in [0, 0.05) is 16.6 Å². The lowest BCUT2D eigenvalue weighted by Gasteiger charge is -2.08. The quantitative estimate of drug-likeness (QED) is 0.901. The van der Waals surface area contributed by atoms with E-state index in [1.54, 1.807) is 18.3 Å². The number of thiazole rings is 1. The lowest BCUT2D eigenvalue weighted by atomic mass is 10.0. The predicted molar refractivity (Wildman–Crippen MR) is 78.7 cm³/mol. The Hall–Kier alpha value is -2.21. The molecule has 0 radical (unpaired) electrons. The van der Waals surface area contributed by atoms with E-state index in [0.29, 0.717) is 16.5 Å². The molecule has 0 spiro atoms. The summed E-state index contributed by atoms with van der Waals surface area (Å²) in [7, 11) is 0. The first kappa shape index (κ1) is 14.2. The zero-order chi connectivity index (χ0) is 14.9. The Morgan fingerprint density at radius 1 is 1.20 bits per heavy atom. The van der Waals surface area contributed by atoms with Gasteiger partial charge in [0.25, 0.3) is 0 Å². The van der Waals surface area contributed by atoms with E-state index >= 15 is 0 Å². The van der Waals surface area contributed by atoms with Crippen LogP contribution in [0.2, 0.25) is 0 Å². The van der Waals surface area contributed by atoms with Crippen molar-refractivity contribution in [2.75, 3.05) is 0 Å². The van der Waals surface area contributed by atoms with Crippen LogP contribution in [-0.2, 0) is 0 Å². The number of nitrogens with two attached hydrogens (primary N) is 2. The molecule has 0 fully saturated rings. The van der Waals surface area contributed by atoms with Crippen molar-refractivity contribution in [1.29, 1.82) is 0 Å². The minimum atomic E-state index is -0.685. The van der Waals surface area contributed by atoms with E-state index in [2.05, 4.69) is 18.8 Å². The largest absolute Gasteiger partial charge is 0.366 e. The molecule has 0 aliphatic carbocycles. The van der Waals surface area contributed by atoms with Gasteiger partial charge in [0.05, 0.1) is 11.1 Å². The van der Waals surface area contributed by atoms with E-state index < -0.39 is 11.8 Å².